The molecule has 0 aromatic carbocycles. The molecular weight excluding hydrogens is 308 g/mol. The minimum atomic E-state index is 0.327. The predicted molar refractivity (Wildman–Crippen MR) is 83.9 cm³/mol. The Balaban J connectivity index is 1.86. The van der Waals surface area contributed by atoms with Crippen LogP contribution in [0.4, 0.5) is 5.82 Å². The summed E-state index contributed by atoms with van der Waals surface area (Å²) in [4.78, 5) is 4.19. The summed E-state index contributed by atoms with van der Waals surface area (Å²) < 4.78 is 0. The molecule has 6 nitrogen and oxygen atoms in total. The van der Waals surface area contributed by atoms with E-state index in [1.54, 1.807) is 24.4 Å². The molecule has 0 fully saturated rings. The van der Waals surface area contributed by atoms with E-state index in [-0.39, 0.29) is 0 Å². The zero-order valence-corrected chi connectivity index (χ0v) is 12.4. The summed E-state index contributed by atoms with van der Waals surface area (Å²) in [7, 11) is 0. The summed E-state index contributed by atoms with van der Waals surface area (Å²) in [6.07, 6.45) is 3.77. The number of rotatable bonds is 4. The standard InChI is InChI=1S/C13H11ClN6S/c14-10-2-1-5-16-11(10)4-6-17-13(21)19-12-9(8-15)3-7-18-20-12/h1-3,5,7H,4,6H2,(H2,17,19,20,21). The molecule has 0 bridgehead atoms. The largest absolute Gasteiger partial charge is 0.362 e. The molecule has 0 radical (unpaired) electrons. The van der Waals surface area contributed by atoms with Crippen molar-refractivity contribution in [3.05, 3.63) is 46.9 Å². The second kappa shape index (κ2) is 7.47. The summed E-state index contributed by atoms with van der Waals surface area (Å²) in [6, 6.07) is 7.14. The van der Waals surface area contributed by atoms with Crippen LogP contribution in [0.1, 0.15) is 11.3 Å². The molecule has 2 aromatic rings. The van der Waals surface area contributed by atoms with E-state index in [0.717, 1.165) is 5.69 Å². The van der Waals surface area contributed by atoms with E-state index in [9.17, 15) is 0 Å². The van der Waals surface area contributed by atoms with Crippen LogP contribution in [-0.4, -0.2) is 26.8 Å². The number of hydrogen-bond donors (Lipinski definition) is 2. The number of hydrogen-bond acceptors (Lipinski definition) is 5. The van der Waals surface area contributed by atoms with E-state index in [0.29, 0.717) is 34.5 Å². The van der Waals surface area contributed by atoms with Crippen LogP contribution in [0.25, 0.3) is 0 Å². The van der Waals surface area contributed by atoms with Crippen LogP contribution >= 0.6 is 23.8 Å². The third-order valence-corrected chi connectivity index (χ3v) is 3.15. The third-order valence-electron chi connectivity index (χ3n) is 2.56. The van der Waals surface area contributed by atoms with Crippen LogP contribution in [0.5, 0.6) is 0 Å². The second-order valence-corrected chi connectivity index (χ2v) is 4.78. The Morgan fingerprint density at radius 3 is 3.00 bits per heavy atom. The van der Waals surface area contributed by atoms with Crippen molar-refractivity contribution in [3.8, 4) is 6.07 Å². The normalized spacial score (nSPS) is 9.71. The van der Waals surface area contributed by atoms with E-state index in [2.05, 4.69) is 25.8 Å². The van der Waals surface area contributed by atoms with Gasteiger partial charge in [-0.2, -0.15) is 10.4 Å². The average molecular weight is 319 g/mol. The Labute approximate surface area is 132 Å². The first-order valence-corrected chi connectivity index (χ1v) is 6.85. The van der Waals surface area contributed by atoms with Crippen LogP contribution in [-0.2, 0) is 6.42 Å². The molecule has 2 aromatic heterocycles. The van der Waals surface area contributed by atoms with Crippen molar-refractivity contribution in [1.29, 1.82) is 5.26 Å². The van der Waals surface area contributed by atoms with Gasteiger partial charge >= 0.3 is 0 Å². The Bertz CT molecular complexity index is 684. The van der Waals surface area contributed by atoms with Crippen LogP contribution in [0.2, 0.25) is 5.02 Å². The molecule has 0 aliphatic rings. The Morgan fingerprint density at radius 2 is 2.24 bits per heavy atom. The zero-order valence-electron chi connectivity index (χ0n) is 10.9. The molecule has 0 spiro atoms. The molecule has 0 aliphatic heterocycles. The number of nitrogens with one attached hydrogen (secondary N) is 2. The van der Waals surface area contributed by atoms with Crippen LogP contribution in [0, 0.1) is 11.3 Å². The first-order valence-electron chi connectivity index (χ1n) is 6.06. The van der Waals surface area contributed by atoms with Gasteiger partial charge in [0.05, 0.1) is 22.5 Å². The molecule has 0 amide bonds. The van der Waals surface area contributed by atoms with E-state index in [1.807, 2.05) is 6.07 Å². The van der Waals surface area contributed by atoms with Gasteiger partial charge in [0.2, 0.25) is 0 Å². The maximum atomic E-state index is 8.94. The number of anilines is 1. The van der Waals surface area contributed by atoms with Crippen LogP contribution in [0.15, 0.2) is 30.6 Å². The van der Waals surface area contributed by atoms with Crippen molar-refractivity contribution >= 4 is 34.7 Å². The van der Waals surface area contributed by atoms with Gasteiger partial charge in [0.25, 0.3) is 0 Å². The van der Waals surface area contributed by atoms with E-state index in [1.165, 1.54) is 6.20 Å². The number of aromatic nitrogens is 3. The second-order valence-electron chi connectivity index (χ2n) is 3.97. The lowest BCUT2D eigenvalue weighted by molar-refractivity contribution is 0.846. The summed E-state index contributed by atoms with van der Waals surface area (Å²) >= 11 is 11.2. The zero-order chi connectivity index (χ0) is 15.1. The van der Waals surface area contributed by atoms with E-state index >= 15 is 0 Å². The molecule has 0 saturated carbocycles. The highest BCUT2D eigenvalue weighted by molar-refractivity contribution is 7.80. The van der Waals surface area contributed by atoms with Gasteiger partial charge in [-0.05, 0) is 30.4 Å². The molecule has 0 unspecified atom stereocenters. The monoisotopic (exact) mass is 318 g/mol. The van der Waals surface area contributed by atoms with Gasteiger partial charge in [0, 0.05) is 19.2 Å². The molecule has 2 N–H and O–H groups in total. The smallest absolute Gasteiger partial charge is 0.172 e. The number of nitrogens with zero attached hydrogens (tertiary/aromatic N) is 4. The highest BCUT2D eigenvalue weighted by Gasteiger charge is 2.06. The minimum absolute atomic E-state index is 0.327. The van der Waals surface area contributed by atoms with Gasteiger partial charge in [-0.1, -0.05) is 11.6 Å². The van der Waals surface area contributed by atoms with E-state index in [4.69, 9.17) is 29.1 Å². The molecule has 0 atom stereocenters. The van der Waals surface area contributed by atoms with Crippen molar-refractivity contribution in [2.75, 3.05) is 11.9 Å². The molecule has 0 saturated heterocycles. The Hall–Kier alpha value is -2.30. The number of halogens is 1. The predicted octanol–water partition coefficient (Wildman–Crippen LogP) is 1.93. The maximum Gasteiger partial charge on any atom is 0.172 e. The average Bonchev–Trinajstić information content (AvgIpc) is 2.50. The summed E-state index contributed by atoms with van der Waals surface area (Å²) in [5.41, 5.74) is 1.17. The quantitative estimate of drug-likeness (QED) is 0.833. The van der Waals surface area contributed by atoms with Gasteiger partial charge in [0.1, 0.15) is 6.07 Å². The molecule has 8 heteroatoms. The highest BCUT2D eigenvalue weighted by Crippen LogP contribution is 2.12. The topological polar surface area (TPSA) is 86.5 Å². The third kappa shape index (κ3) is 4.34. The highest BCUT2D eigenvalue weighted by atomic mass is 35.5. The number of thiocarbonyl (C=S) groups is 1. The first-order chi connectivity index (χ1) is 10.2. The van der Waals surface area contributed by atoms with Crippen molar-refractivity contribution in [1.82, 2.24) is 20.5 Å². The first kappa shape index (κ1) is 15.1. The van der Waals surface area contributed by atoms with Crippen LogP contribution in [0.3, 0.4) is 0 Å². The lowest BCUT2D eigenvalue weighted by Gasteiger charge is -2.10. The molecule has 21 heavy (non-hydrogen) atoms. The lowest BCUT2D eigenvalue weighted by atomic mass is 10.3. The summed E-state index contributed by atoms with van der Waals surface area (Å²) in [5, 5.41) is 23.3. The SMILES string of the molecule is N#Cc1ccnnc1NC(=S)NCCc1ncccc1Cl. The molecule has 106 valence electrons. The minimum Gasteiger partial charge on any atom is -0.362 e. The fourth-order valence-corrected chi connectivity index (χ4v) is 1.98. The van der Waals surface area contributed by atoms with Crippen LogP contribution < -0.4 is 10.6 Å². The van der Waals surface area contributed by atoms with Crippen molar-refractivity contribution in [2.45, 2.75) is 6.42 Å². The number of nitriles is 1. The fourth-order valence-electron chi connectivity index (χ4n) is 1.56. The maximum absolute atomic E-state index is 8.94. The lowest BCUT2D eigenvalue weighted by Crippen LogP contribution is -2.31. The van der Waals surface area contributed by atoms with Gasteiger partial charge in [-0.25, -0.2) is 0 Å². The van der Waals surface area contributed by atoms with Crippen molar-refractivity contribution in [2.24, 2.45) is 0 Å². The van der Waals surface area contributed by atoms with Crippen molar-refractivity contribution in [3.63, 3.8) is 0 Å². The Morgan fingerprint density at radius 1 is 1.38 bits per heavy atom. The summed E-state index contributed by atoms with van der Waals surface area (Å²) in [5.74, 6) is 0.327. The summed E-state index contributed by atoms with van der Waals surface area (Å²) in [6.45, 7) is 0.560. The molecule has 2 heterocycles. The van der Waals surface area contributed by atoms with Crippen molar-refractivity contribution < 1.29 is 0 Å². The number of pyridine rings is 1. The molecular formula is C13H11ClN6S. The van der Waals surface area contributed by atoms with Gasteiger partial charge in [0.15, 0.2) is 10.9 Å². The Kier molecular flexibility index (Phi) is 5.37. The molecule has 0 aliphatic carbocycles. The van der Waals surface area contributed by atoms with Gasteiger partial charge in [-0.3, -0.25) is 4.98 Å². The fraction of sp³-hybridized carbons (Fsp3) is 0.154. The van der Waals surface area contributed by atoms with E-state index < -0.39 is 0 Å². The van der Waals surface area contributed by atoms with Gasteiger partial charge in [-0.15, -0.1) is 5.10 Å². The van der Waals surface area contributed by atoms with Gasteiger partial charge < -0.3 is 10.6 Å². The molecule has 2 rings (SSSR count).